The summed E-state index contributed by atoms with van der Waals surface area (Å²) in [4.78, 5) is 18.6. The molecule has 7 heteroatoms. The number of carbonyl (C=O) groups is 1. The van der Waals surface area contributed by atoms with Crippen LogP contribution in [0, 0.1) is 0 Å². The van der Waals surface area contributed by atoms with Gasteiger partial charge in [0.15, 0.2) is 5.89 Å². The number of ether oxygens (including phenoxy) is 2. The first-order chi connectivity index (χ1) is 13.2. The van der Waals surface area contributed by atoms with E-state index in [1.54, 1.807) is 13.3 Å². The molecule has 3 rings (SSSR count). The van der Waals surface area contributed by atoms with Crippen molar-refractivity contribution in [3.05, 3.63) is 52.7 Å². The molecule has 1 fully saturated rings. The van der Waals surface area contributed by atoms with Crippen molar-refractivity contribution in [1.29, 1.82) is 0 Å². The van der Waals surface area contributed by atoms with Crippen molar-refractivity contribution >= 4 is 17.5 Å². The first-order valence-electron chi connectivity index (χ1n) is 9.19. The lowest BCUT2D eigenvalue weighted by Gasteiger charge is -2.31. The summed E-state index contributed by atoms with van der Waals surface area (Å²) in [5, 5.41) is 0.718. The van der Waals surface area contributed by atoms with Crippen LogP contribution in [0.4, 0.5) is 0 Å². The van der Waals surface area contributed by atoms with Gasteiger partial charge in [-0.25, -0.2) is 4.98 Å². The molecule has 1 aliphatic heterocycles. The number of oxazole rings is 1. The number of halogens is 1. The molecule has 146 valence electrons. The van der Waals surface area contributed by atoms with Gasteiger partial charge < -0.3 is 18.8 Å². The molecule has 0 bridgehead atoms. The van der Waals surface area contributed by atoms with Crippen LogP contribution in [0.2, 0.25) is 5.02 Å². The van der Waals surface area contributed by atoms with Crippen LogP contribution in [0.25, 0.3) is 0 Å². The maximum absolute atomic E-state index is 12.3. The summed E-state index contributed by atoms with van der Waals surface area (Å²) >= 11 is 5.92. The minimum absolute atomic E-state index is 0.00347. The van der Waals surface area contributed by atoms with E-state index in [2.05, 4.69) is 4.98 Å². The predicted octanol–water partition coefficient (Wildman–Crippen LogP) is 3.29. The molecule has 0 spiro atoms. The Hall–Kier alpha value is -1.89. The van der Waals surface area contributed by atoms with E-state index in [0.29, 0.717) is 32.1 Å². The van der Waals surface area contributed by atoms with Crippen LogP contribution in [-0.2, 0) is 20.7 Å². The summed E-state index contributed by atoms with van der Waals surface area (Å²) in [6, 6.07) is 7.70. The number of piperidine rings is 1. The molecule has 6 nitrogen and oxygen atoms in total. The summed E-state index contributed by atoms with van der Waals surface area (Å²) in [6.45, 7) is 2.37. The first kappa shape index (κ1) is 19.9. The van der Waals surface area contributed by atoms with Gasteiger partial charge in [0, 0.05) is 31.6 Å². The van der Waals surface area contributed by atoms with E-state index in [-0.39, 0.29) is 18.4 Å². The monoisotopic (exact) mass is 392 g/mol. The van der Waals surface area contributed by atoms with Gasteiger partial charge in [-0.3, -0.25) is 4.79 Å². The molecule has 1 atom stereocenters. The van der Waals surface area contributed by atoms with Crippen molar-refractivity contribution in [3.8, 4) is 0 Å². The van der Waals surface area contributed by atoms with Crippen LogP contribution in [0.3, 0.4) is 0 Å². The van der Waals surface area contributed by atoms with E-state index in [1.807, 2.05) is 29.2 Å². The van der Waals surface area contributed by atoms with E-state index in [9.17, 15) is 4.79 Å². The number of likely N-dealkylation sites (tertiary alicyclic amines) is 1. The minimum atomic E-state index is 0.00347. The number of aromatic nitrogens is 1. The third-order valence-corrected chi connectivity index (χ3v) is 4.90. The number of carbonyl (C=O) groups excluding carboxylic acids is 1. The smallest absolute Gasteiger partial charge is 0.248 e. The molecule has 0 saturated carbocycles. The molecule has 2 aromatic rings. The number of rotatable bonds is 8. The lowest BCUT2D eigenvalue weighted by molar-refractivity contribution is -0.137. The van der Waals surface area contributed by atoms with E-state index < -0.39 is 0 Å². The third kappa shape index (κ3) is 5.79. The van der Waals surface area contributed by atoms with Gasteiger partial charge >= 0.3 is 0 Å². The SMILES string of the molecule is COCCOCC(=O)N1CCC[C@H](c2ncc(Cc3ccc(Cl)cc3)o2)C1. The number of nitrogens with zero attached hydrogens (tertiary/aromatic N) is 2. The van der Waals surface area contributed by atoms with Crippen molar-refractivity contribution in [1.82, 2.24) is 9.88 Å². The number of benzene rings is 1. The van der Waals surface area contributed by atoms with Gasteiger partial charge in [0.05, 0.1) is 25.3 Å². The fraction of sp³-hybridized carbons (Fsp3) is 0.500. The number of amides is 1. The molecular formula is C20H25ClN2O4. The summed E-state index contributed by atoms with van der Waals surface area (Å²) in [5.74, 6) is 1.65. The summed E-state index contributed by atoms with van der Waals surface area (Å²) in [6.07, 6.45) is 4.35. The molecule has 27 heavy (non-hydrogen) atoms. The second-order valence-electron chi connectivity index (χ2n) is 6.69. The standard InChI is InChI=1S/C20H25ClN2O4/c1-25-9-10-26-14-19(24)23-8-2-3-16(13-23)20-22-12-18(27-20)11-15-4-6-17(21)7-5-15/h4-7,12,16H,2-3,8-11,13-14H2,1H3/t16-/m0/s1. The molecule has 1 saturated heterocycles. The Balaban J connectivity index is 1.54. The first-order valence-corrected chi connectivity index (χ1v) is 9.57. The van der Waals surface area contributed by atoms with Crippen molar-refractivity contribution < 1.29 is 18.7 Å². The van der Waals surface area contributed by atoms with Crippen LogP contribution in [0.1, 0.15) is 36.0 Å². The molecule has 1 aromatic heterocycles. The van der Waals surface area contributed by atoms with Crippen molar-refractivity contribution in [3.63, 3.8) is 0 Å². The second kappa shape index (κ2) is 9.88. The van der Waals surface area contributed by atoms with Gasteiger partial charge in [-0.2, -0.15) is 0 Å². The predicted molar refractivity (Wildman–Crippen MR) is 102 cm³/mol. The largest absolute Gasteiger partial charge is 0.445 e. The van der Waals surface area contributed by atoms with Crippen LogP contribution in [-0.4, -0.2) is 55.8 Å². The zero-order valence-electron chi connectivity index (χ0n) is 15.5. The molecular weight excluding hydrogens is 368 g/mol. The average molecular weight is 393 g/mol. The highest BCUT2D eigenvalue weighted by atomic mass is 35.5. The Bertz CT molecular complexity index is 732. The molecule has 0 radical (unpaired) electrons. The van der Waals surface area contributed by atoms with E-state index >= 15 is 0 Å². The van der Waals surface area contributed by atoms with E-state index in [4.69, 9.17) is 25.5 Å². The quantitative estimate of drug-likeness (QED) is 0.645. The minimum Gasteiger partial charge on any atom is -0.445 e. The van der Waals surface area contributed by atoms with Gasteiger partial charge in [-0.05, 0) is 30.5 Å². The Kier molecular flexibility index (Phi) is 7.26. The third-order valence-electron chi connectivity index (χ3n) is 4.64. The maximum atomic E-state index is 12.3. The molecule has 1 amide bonds. The molecule has 1 aromatic carbocycles. The Labute approximate surface area is 164 Å². The average Bonchev–Trinajstić information content (AvgIpc) is 3.15. The van der Waals surface area contributed by atoms with Crippen LogP contribution >= 0.6 is 11.6 Å². The molecule has 1 aliphatic rings. The molecule has 0 unspecified atom stereocenters. The molecule has 0 aliphatic carbocycles. The maximum Gasteiger partial charge on any atom is 0.248 e. The second-order valence-corrected chi connectivity index (χ2v) is 7.13. The molecule has 0 N–H and O–H groups in total. The fourth-order valence-electron chi connectivity index (χ4n) is 3.19. The van der Waals surface area contributed by atoms with E-state index in [0.717, 1.165) is 35.7 Å². The van der Waals surface area contributed by atoms with Gasteiger partial charge in [0.1, 0.15) is 12.4 Å². The van der Waals surface area contributed by atoms with Crippen LogP contribution < -0.4 is 0 Å². The lowest BCUT2D eigenvalue weighted by Crippen LogP contribution is -2.41. The number of methoxy groups -OCH3 is 1. The number of hydrogen-bond donors (Lipinski definition) is 0. The van der Waals surface area contributed by atoms with Crippen molar-refractivity contribution in [2.75, 3.05) is 40.0 Å². The highest BCUT2D eigenvalue weighted by Gasteiger charge is 2.27. The zero-order chi connectivity index (χ0) is 19.1. The van der Waals surface area contributed by atoms with Crippen LogP contribution in [0.5, 0.6) is 0 Å². The van der Waals surface area contributed by atoms with Crippen molar-refractivity contribution in [2.45, 2.75) is 25.2 Å². The van der Waals surface area contributed by atoms with E-state index in [1.165, 1.54) is 0 Å². The summed E-state index contributed by atoms with van der Waals surface area (Å²) < 4.78 is 16.2. The summed E-state index contributed by atoms with van der Waals surface area (Å²) in [5.41, 5.74) is 1.12. The topological polar surface area (TPSA) is 64.8 Å². The zero-order valence-corrected chi connectivity index (χ0v) is 16.3. The normalized spacial score (nSPS) is 17.3. The van der Waals surface area contributed by atoms with Gasteiger partial charge in [-0.1, -0.05) is 23.7 Å². The summed E-state index contributed by atoms with van der Waals surface area (Å²) in [7, 11) is 1.61. The highest BCUT2D eigenvalue weighted by Crippen LogP contribution is 2.27. The Morgan fingerprint density at radius 1 is 1.33 bits per heavy atom. The van der Waals surface area contributed by atoms with Gasteiger partial charge in [-0.15, -0.1) is 0 Å². The number of hydrogen-bond acceptors (Lipinski definition) is 5. The van der Waals surface area contributed by atoms with Gasteiger partial charge in [0.2, 0.25) is 5.91 Å². The van der Waals surface area contributed by atoms with Crippen LogP contribution in [0.15, 0.2) is 34.9 Å². The molecule has 2 heterocycles. The van der Waals surface area contributed by atoms with Gasteiger partial charge in [0.25, 0.3) is 0 Å². The highest BCUT2D eigenvalue weighted by molar-refractivity contribution is 6.30. The van der Waals surface area contributed by atoms with Crippen molar-refractivity contribution in [2.24, 2.45) is 0 Å². The Morgan fingerprint density at radius 3 is 2.93 bits per heavy atom. The Morgan fingerprint density at radius 2 is 2.15 bits per heavy atom. The lowest BCUT2D eigenvalue weighted by atomic mass is 9.98. The fourth-order valence-corrected chi connectivity index (χ4v) is 3.32.